The molecule has 0 bridgehead atoms. The van der Waals surface area contributed by atoms with Crippen molar-refractivity contribution in [3.63, 3.8) is 0 Å². The number of aromatic nitrogens is 1. The molecule has 0 atom stereocenters. The minimum atomic E-state index is -0.867. The Morgan fingerprint density at radius 1 is 0.830 bits per heavy atom. The highest BCUT2D eigenvalue weighted by Gasteiger charge is 2.29. The number of hydrogen-bond acceptors (Lipinski definition) is 5. The van der Waals surface area contributed by atoms with E-state index in [0.717, 1.165) is 0 Å². The van der Waals surface area contributed by atoms with Gasteiger partial charge in [0.15, 0.2) is 0 Å². The molecule has 236 valence electrons. The third-order valence-corrected chi connectivity index (χ3v) is 7.58. The Hall–Kier alpha value is -6.03. The normalized spacial score (nSPS) is 11.4. The van der Waals surface area contributed by atoms with Crippen molar-refractivity contribution in [3.05, 3.63) is 114 Å². The molecule has 0 saturated carbocycles. The molecule has 4 N–H and O–H groups in total. The second kappa shape index (κ2) is 12.1. The Bertz CT molecular complexity index is 2190. The zero-order valence-electron chi connectivity index (χ0n) is 26.1. The predicted octanol–water partition coefficient (Wildman–Crippen LogP) is 7.10. The Morgan fingerprint density at radius 3 is 2.23 bits per heavy atom. The second-order valence-electron chi connectivity index (χ2n) is 12.1. The molecule has 0 aliphatic heterocycles. The molecular weight excluding hydrogens is 599 g/mol. The van der Waals surface area contributed by atoms with E-state index >= 15 is 0 Å². The number of rotatable bonds is 7. The zero-order valence-corrected chi connectivity index (χ0v) is 26.1. The first-order valence-corrected chi connectivity index (χ1v) is 14.9. The zero-order chi connectivity index (χ0) is 33.5. The number of carbonyl (C=O) groups is 4. The highest BCUT2D eigenvalue weighted by molar-refractivity contribution is 6.49. The van der Waals surface area contributed by atoms with Gasteiger partial charge in [0.05, 0.1) is 22.0 Å². The van der Waals surface area contributed by atoms with E-state index in [1.807, 2.05) is 20.8 Å². The Kier molecular flexibility index (Phi) is 7.94. The van der Waals surface area contributed by atoms with Crippen LogP contribution in [-0.2, 0) is 4.79 Å². The predicted molar refractivity (Wildman–Crippen MR) is 179 cm³/mol. The number of hydrogen-bond donors (Lipinski definition) is 4. The number of benzene rings is 4. The van der Waals surface area contributed by atoms with Gasteiger partial charge in [0.1, 0.15) is 17.2 Å². The van der Waals surface area contributed by atoms with E-state index in [1.165, 1.54) is 37.5 Å². The Balaban J connectivity index is 1.61. The summed E-state index contributed by atoms with van der Waals surface area (Å²) in [5.74, 6) is -2.76. The summed E-state index contributed by atoms with van der Waals surface area (Å²) in [7, 11) is 1.48. The Morgan fingerprint density at radius 2 is 1.55 bits per heavy atom. The number of ketones is 1. The van der Waals surface area contributed by atoms with E-state index < -0.39 is 29.0 Å². The van der Waals surface area contributed by atoms with Gasteiger partial charge in [-0.1, -0.05) is 30.3 Å². The van der Waals surface area contributed by atoms with Crippen molar-refractivity contribution in [2.75, 3.05) is 12.4 Å². The lowest BCUT2D eigenvalue weighted by Crippen LogP contribution is -2.40. The van der Waals surface area contributed by atoms with Gasteiger partial charge in [-0.15, -0.1) is 0 Å². The molecule has 2 aromatic heterocycles. The summed E-state index contributed by atoms with van der Waals surface area (Å²) in [6, 6.07) is 22.8. The quantitative estimate of drug-likeness (QED) is 0.110. The summed E-state index contributed by atoms with van der Waals surface area (Å²) in [4.78, 5) is 56.6. The fourth-order valence-corrected chi connectivity index (χ4v) is 5.49. The van der Waals surface area contributed by atoms with Crippen LogP contribution in [-0.4, -0.2) is 41.1 Å². The molecule has 0 aliphatic carbocycles. The number of para-hydroxylation sites is 1. The smallest absolute Gasteiger partial charge is 0.296 e. The minimum absolute atomic E-state index is 0.0183. The van der Waals surface area contributed by atoms with Crippen LogP contribution in [0.3, 0.4) is 0 Å². The summed E-state index contributed by atoms with van der Waals surface area (Å²) < 4.78 is 20.2. The third-order valence-electron chi connectivity index (χ3n) is 7.58. The van der Waals surface area contributed by atoms with E-state index in [0.29, 0.717) is 38.8 Å². The maximum Gasteiger partial charge on any atom is 0.296 e. The number of nitrogens with one attached hydrogen (secondary N) is 4. The van der Waals surface area contributed by atoms with Crippen LogP contribution in [0.25, 0.3) is 44.3 Å². The molecule has 3 amide bonds. The van der Waals surface area contributed by atoms with E-state index in [-0.39, 0.29) is 33.8 Å². The van der Waals surface area contributed by atoms with Crippen molar-refractivity contribution < 1.29 is 28.0 Å². The van der Waals surface area contributed by atoms with Crippen molar-refractivity contribution in [1.82, 2.24) is 15.6 Å². The summed E-state index contributed by atoms with van der Waals surface area (Å²) in [5.41, 5.74) is 2.79. The Labute approximate surface area is 269 Å². The number of amides is 3. The largest absolute Gasteiger partial charge is 0.454 e. The van der Waals surface area contributed by atoms with Crippen LogP contribution in [0, 0.1) is 5.82 Å². The molecule has 10 heteroatoms. The molecule has 0 radical (unpaired) electrons. The first-order chi connectivity index (χ1) is 22.4. The van der Waals surface area contributed by atoms with E-state index in [2.05, 4.69) is 20.9 Å². The maximum absolute atomic E-state index is 13.9. The van der Waals surface area contributed by atoms with Crippen LogP contribution in [0.5, 0.6) is 0 Å². The van der Waals surface area contributed by atoms with Crippen LogP contribution in [0.1, 0.15) is 51.8 Å². The monoisotopic (exact) mass is 630 g/mol. The first kappa shape index (κ1) is 31.0. The first-order valence-electron chi connectivity index (χ1n) is 14.9. The molecule has 6 rings (SSSR count). The lowest BCUT2D eigenvalue weighted by atomic mass is 9.95. The number of anilines is 1. The van der Waals surface area contributed by atoms with Crippen molar-refractivity contribution in [1.29, 1.82) is 0 Å². The van der Waals surface area contributed by atoms with Gasteiger partial charge in [0.25, 0.3) is 23.5 Å². The van der Waals surface area contributed by atoms with Gasteiger partial charge in [0, 0.05) is 46.5 Å². The maximum atomic E-state index is 13.9. The molecule has 47 heavy (non-hydrogen) atoms. The molecule has 0 fully saturated rings. The van der Waals surface area contributed by atoms with Crippen LogP contribution in [0.4, 0.5) is 10.1 Å². The van der Waals surface area contributed by atoms with Gasteiger partial charge in [-0.25, -0.2) is 4.39 Å². The lowest BCUT2D eigenvalue weighted by molar-refractivity contribution is -0.112. The number of halogens is 1. The van der Waals surface area contributed by atoms with Gasteiger partial charge in [-0.2, -0.15) is 0 Å². The number of Topliss-reactive ketones (excluding diaryl/α,β-unsaturated/α-hetero) is 1. The summed E-state index contributed by atoms with van der Waals surface area (Å²) in [6.45, 7) is 5.65. The topological polar surface area (TPSA) is 133 Å². The van der Waals surface area contributed by atoms with Crippen LogP contribution < -0.4 is 16.0 Å². The molecule has 0 aliphatic rings. The molecule has 9 nitrogen and oxygen atoms in total. The van der Waals surface area contributed by atoms with Crippen LogP contribution >= 0.6 is 0 Å². The minimum Gasteiger partial charge on any atom is -0.454 e. The third kappa shape index (κ3) is 6.00. The molecule has 0 unspecified atom stereocenters. The number of H-pyrrole nitrogens is 1. The number of fused-ring (bicyclic) bond motifs is 3. The molecule has 2 heterocycles. The van der Waals surface area contributed by atoms with Gasteiger partial charge in [-0.05, 0) is 80.9 Å². The number of aromatic amines is 1. The van der Waals surface area contributed by atoms with Crippen molar-refractivity contribution in [3.8, 4) is 22.5 Å². The van der Waals surface area contributed by atoms with Gasteiger partial charge in [-0.3, -0.25) is 19.2 Å². The fourth-order valence-electron chi connectivity index (χ4n) is 5.49. The van der Waals surface area contributed by atoms with Gasteiger partial charge >= 0.3 is 0 Å². The van der Waals surface area contributed by atoms with E-state index in [4.69, 9.17) is 4.42 Å². The molecule has 0 spiro atoms. The van der Waals surface area contributed by atoms with Crippen LogP contribution in [0.15, 0.2) is 95.5 Å². The van der Waals surface area contributed by atoms with Crippen molar-refractivity contribution in [2.24, 2.45) is 0 Å². The molecule has 6 aromatic rings. The number of furan rings is 1. The molecule has 4 aromatic carbocycles. The van der Waals surface area contributed by atoms with Gasteiger partial charge < -0.3 is 25.4 Å². The average Bonchev–Trinajstić information content (AvgIpc) is 3.66. The van der Waals surface area contributed by atoms with Gasteiger partial charge in [0.2, 0.25) is 0 Å². The SMILES string of the molecule is CNC(=O)c1c(-c2ccc(F)cc2)oc2c1cc(-c1cccc(C(=O)NC(C)(C)C)c1)c1[nH]cc(C(=O)C(=O)Nc3ccccc3)c12. The molecular formula is C37H31FN4O5. The highest BCUT2D eigenvalue weighted by atomic mass is 19.1. The molecule has 0 saturated heterocycles. The van der Waals surface area contributed by atoms with Crippen molar-refractivity contribution in [2.45, 2.75) is 26.3 Å². The summed E-state index contributed by atoms with van der Waals surface area (Å²) in [6.07, 6.45) is 1.43. The average molecular weight is 631 g/mol. The van der Waals surface area contributed by atoms with E-state index in [9.17, 15) is 23.6 Å². The lowest BCUT2D eigenvalue weighted by Gasteiger charge is -2.20. The summed E-state index contributed by atoms with van der Waals surface area (Å²) in [5, 5.41) is 8.86. The van der Waals surface area contributed by atoms with E-state index in [1.54, 1.807) is 60.7 Å². The highest BCUT2D eigenvalue weighted by Crippen LogP contribution is 2.43. The number of carbonyl (C=O) groups excluding carboxylic acids is 4. The van der Waals surface area contributed by atoms with Crippen molar-refractivity contribution >= 4 is 51.1 Å². The summed E-state index contributed by atoms with van der Waals surface area (Å²) >= 11 is 0. The fraction of sp³-hybridized carbons (Fsp3) is 0.135. The van der Waals surface area contributed by atoms with Crippen LogP contribution in [0.2, 0.25) is 0 Å². The standard InChI is InChI=1S/C37H31FN4O5/c1-37(2,3)42-34(44)22-10-8-9-21(17-22)25-18-26-29(35(45)39-4)32(20-13-15-23(38)16-14-20)47-33(26)28-27(19-40-30(25)28)31(43)36(46)41-24-11-6-5-7-12-24/h5-19,40H,1-4H3,(H,39,45)(H,41,46)(H,42,44). The second-order valence-corrected chi connectivity index (χ2v) is 12.1.